The Morgan fingerprint density at radius 3 is 2.77 bits per heavy atom. The first-order valence-corrected chi connectivity index (χ1v) is 10.8. The number of rotatable bonds is 7. The molecule has 0 aromatic heterocycles. The minimum absolute atomic E-state index is 0.232. The summed E-state index contributed by atoms with van der Waals surface area (Å²) >= 11 is 0. The van der Waals surface area contributed by atoms with Crippen molar-refractivity contribution >= 4 is 28.5 Å². The topological polar surface area (TPSA) is 56.4 Å². The zero-order chi connectivity index (χ0) is 20.9. The van der Waals surface area contributed by atoms with Gasteiger partial charge in [0.2, 0.25) is 0 Å². The van der Waals surface area contributed by atoms with Crippen molar-refractivity contribution in [3.8, 4) is 0 Å². The molecule has 0 spiro atoms. The van der Waals surface area contributed by atoms with Crippen LogP contribution in [0.5, 0.6) is 0 Å². The number of fused-ring (bicyclic) bond motifs is 1. The number of hydrogen-bond donors (Lipinski definition) is 3. The number of amides is 1. The molecule has 0 saturated carbocycles. The van der Waals surface area contributed by atoms with Gasteiger partial charge in [-0.2, -0.15) is 0 Å². The van der Waals surface area contributed by atoms with E-state index in [9.17, 15) is 9.18 Å². The molecule has 0 aliphatic carbocycles. The van der Waals surface area contributed by atoms with Gasteiger partial charge < -0.3 is 20.9 Å². The molecule has 1 fully saturated rings. The van der Waals surface area contributed by atoms with Gasteiger partial charge in [0.1, 0.15) is 5.82 Å². The molecular weight excluding hydrogens is 379 g/mol. The maximum Gasteiger partial charge on any atom is 0.257 e. The van der Waals surface area contributed by atoms with Gasteiger partial charge in [0.05, 0.1) is 11.3 Å². The van der Waals surface area contributed by atoms with Crippen molar-refractivity contribution in [2.75, 3.05) is 35.6 Å². The molecule has 158 valence electrons. The number of halogens is 1. The van der Waals surface area contributed by atoms with Crippen LogP contribution in [0, 0.1) is 5.82 Å². The fourth-order valence-electron chi connectivity index (χ4n) is 4.15. The minimum Gasteiger partial charge on any atom is -0.385 e. The predicted molar refractivity (Wildman–Crippen MR) is 121 cm³/mol. The fraction of sp³-hybridized carbons (Fsp3) is 0.375. The lowest BCUT2D eigenvalue weighted by Crippen LogP contribution is -2.38. The van der Waals surface area contributed by atoms with E-state index in [0.29, 0.717) is 22.9 Å². The zero-order valence-corrected chi connectivity index (χ0v) is 17.4. The molecule has 1 saturated heterocycles. The number of carbonyl (C=O) groups is 1. The molecule has 1 unspecified atom stereocenters. The normalized spacial score (nSPS) is 20.1. The van der Waals surface area contributed by atoms with Gasteiger partial charge in [-0.05, 0) is 75.2 Å². The third kappa shape index (κ3) is 4.82. The summed E-state index contributed by atoms with van der Waals surface area (Å²) in [5.74, 6) is -0.596. The monoisotopic (exact) mass is 408 g/mol. The van der Waals surface area contributed by atoms with Crippen LogP contribution in [0.15, 0.2) is 48.7 Å². The van der Waals surface area contributed by atoms with E-state index >= 15 is 0 Å². The molecule has 3 N–H and O–H groups in total. The van der Waals surface area contributed by atoms with Gasteiger partial charge >= 0.3 is 0 Å². The fourth-order valence-corrected chi connectivity index (χ4v) is 4.15. The van der Waals surface area contributed by atoms with Crippen LogP contribution in [0.3, 0.4) is 0 Å². The van der Waals surface area contributed by atoms with E-state index in [1.165, 1.54) is 37.9 Å². The molecule has 2 aliphatic heterocycles. The summed E-state index contributed by atoms with van der Waals surface area (Å²) in [6.07, 6.45) is 6.81. The second kappa shape index (κ2) is 9.30. The summed E-state index contributed by atoms with van der Waals surface area (Å²) in [5, 5.41) is 9.33. The maximum atomic E-state index is 13.3. The number of hydrogen-bond acceptors (Lipinski definition) is 4. The van der Waals surface area contributed by atoms with E-state index in [4.69, 9.17) is 0 Å². The molecule has 0 radical (unpaired) electrons. The molecule has 5 nitrogen and oxygen atoms in total. The summed E-state index contributed by atoms with van der Waals surface area (Å²) in [4.78, 5) is 14.7. The third-order valence-electron chi connectivity index (χ3n) is 5.92. The van der Waals surface area contributed by atoms with Crippen LogP contribution in [-0.2, 0) is 4.79 Å². The van der Waals surface area contributed by atoms with Crippen LogP contribution in [-0.4, -0.2) is 36.5 Å². The summed E-state index contributed by atoms with van der Waals surface area (Å²) < 4.78 is 13.3. The lowest BCUT2D eigenvalue weighted by Gasteiger charge is -2.33. The minimum atomic E-state index is -0.364. The van der Waals surface area contributed by atoms with Crippen molar-refractivity contribution in [1.82, 2.24) is 4.90 Å². The highest BCUT2D eigenvalue weighted by molar-refractivity contribution is 6.31. The van der Waals surface area contributed by atoms with Crippen LogP contribution in [0.1, 0.15) is 38.2 Å². The Bertz CT molecular complexity index is 925. The number of nitrogens with one attached hydrogen (secondary N) is 3. The Morgan fingerprint density at radius 2 is 1.97 bits per heavy atom. The van der Waals surface area contributed by atoms with Crippen molar-refractivity contribution in [3.05, 3.63) is 60.0 Å². The Morgan fingerprint density at radius 1 is 1.17 bits per heavy atom. The van der Waals surface area contributed by atoms with Crippen molar-refractivity contribution < 1.29 is 9.18 Å². The summed E-state index contributed by atoms with van der Waals surface area (Å²) in [6.45, 7) is 5.66. The number of carbonyl (C=O) groups excluding carboxylic acids is 1. The van der Waals surface area contributed by atoms with Crippen LogP contribution in [0.25, 0.3) is 5.57 Å². The lowest BCUT2D eigenvalue weighted by atomic mass is 10.0. The molecule has 2 aromatic rings. The van der Waals surface area contributed by atoms with Gasteiger partial charge in [0.25, 0.3) is 5.91 Å². The Hall–Kier alpha value is -2.86. The number of piperidine rings is 1. The van der Waals surface area contributed by atoms with Gasteiger partial charge in [0.15, 0.2) is 0 Å². The smallest absolute Gasteiger partial charge is 0.257 e. The highest BCUT2D eigenvalue weighted by atomic mass is 19.1. The van der Waals surface area contributed by atoms with Crippen molar-refractivity contribution in [2.45, 2.75) is 38.6 Å². The second-order valence-corrected chi connectivity index (χ2v) is 8.08. The lowest BCUT2D eigenvalue weighted by molar-refractivity contribution is -0.110. The van der Waals surface area contributed by atoms with Gasteiger partial charge in [0, 0.05) is 42.3 Å². The van der Waals surface area contributed by atoms with Crippen LogP contribution in [0.2, 0.25) is 0 Å². The van der Waals surface area contributed by atoms with E-state index in [0.717, 1.165) is 30.9 Å². The van der Waals surface area contributed by atoms with E-state index in [1.807, 2.05) is 24.3 Å². The van der Waals surface area contributed by atoms with Crippen LogP contribution < -0.4 is 16.0 Å². The third-order valence-corrected chi connectivity index (χ3v) is 5.92. The van der Waals surface area contributed by atoms with Crippen LogP contribution >= 0.6 is 0 Å². The first kappa shape index (κ1) is 20.4. The summed E-state index contributed by atoms with van der Waals surface area (Å²) in [7, 11) is 0. The summed E-state index contributed by atoms with van der Waals surface area (Å²) in [6, 6.07) is 13.0. The standard InChI is InChI=1S/C24H29FN4O/c1-17-5-2-3-13-29(17)14-4-12-26-19-7-9-20(10-8-19)27-16-22-21-11-6-18(25)15-23(21)28-24(22)30/h6-11,15-17,26-27H,2-5,12-14H2,1H3,(H,28,30)/b22-16-. The molecule has 1 amide bonds. The Labute approximate surface area is 177 Å². The number of benzene rings is 2. The molecule has 1 atom stereocenters. The molecule has 2 aliphatic rings. The Kier molecular flexibility index (Phi) is 6.33. The van der Waals surface area contributed by atoms with Gasteiger partial charge in [-0.3, -0.25) is 4.79 Å². The largest absolute Gasteiger partial charge is 0.385 e. The number of nitrogens with zero attached hydrogens (tertiary/aromatic N) is 1. The van der Waals surface area contributed by atoms with Crippen molar-refractivity contribution in [2.24, 2.45) is 0 Å². The average Bonchev–Trinajstić information content (AvgIpc) is 3.05. The molecule has 0 bridgehead atoms. The maximum absolute atomic E-state index is 13.3. The molecule has 6 heteroatoms. The molecule has 2 heterocycles. The van der Waals surface area contributed by atoms with Gasteiger partial charge in [-0.25, -0.2) is 4.39 Å². The highest BCUT2D eigenvalue weighted by Gasteiger charge is 2.24. The zero-order valence-electron chi connectivity index (χ0n) is 17.4. The van der Waals surface area contributed by atoms with Gasteiger partial charge in [-0.15, -0.1) is 0 Å². The van der Waals surface area contributed by atoms with Crippen LogP contribution in [0.4, 0.5) is 21.5 Å². The van der Waals surface area contributed by atoms with E-state index in [1.54, 1.807) is 12.3 Å². The van der Waals surface area contributed by atoms with E-state index < -0.39 is 0 Å². The molecule has 2 aromatic carbocycles. The first-order chi connectivity index (χ1) is 14.6. The molecule has 30 heavy (non-hydrogen) atoms. The quantitative estimate of drug-likeness (QED) is 0.450. The predicted octanol–water partition coefficient (Wildman–Crippen LogP) is 4.91. The second-order valence-electron chi connectivity index (χ2n) is 8.08. The molecular formula is C24H29FN4O. The van der Waals surface area contributed by atoms with Gasteiger partial charge in [-0.1, -0.05) is 6.42 Å². The first-order valence-electron chi connectivity index (χ1n) is 10.8. The summed E-state index contributed by atoms with van der Waals surface area (Å²) in [5.41, 5.74) is 3.68. The highest BCUT2D eigenvalue weighted by Crippen LogP contribution is 2.32. The Balaban J connectivity index is 1.27. The number of anilines is 3. The molecule has 4 rings (SSSR count). The van der Waals surface area contributed by atoms with Crippen molar-refractivity contribution in [3.63, 3.8) is 0 Å². The van der Waals surface area contributed by atoms with E-state index in [-0.39, 0.29) is 11.7 Å². The number of likely N-dealkylation sites (tertiary alicyclic amines) is 1. The average molecular weight is 409 g/mol. The SMILES string of the molecule is CC1CCCCN1CCCNc1ccc(N/C=C2\C(=O)Nc3cc(F)ccc32)cc1. The van der Waals surface area contributed by atoms with Crippen molar-refractivity contribution in [1.29, 1.82) is 0 Å². The van der Waals surface area contributed by atoms with E-state index in [2.05, 4.69) is 27.8 Å².